The molecule has 0 amide bonds. The first-order valence-corrected chi connectivity index (χ1v) is 42.8. The van der Waals surface area contributed by atoms with Gasteiger partial charge in [-0.15, -0.1) is 0 Å². The standard InChI is InChI=1S/C77H150O17P2/c1-8-9-10-11-12-13-14-15-16-17-18-19-20-23-27-30-38-46-53-60-76(81)93-72(64-87-74(79)58-51-44-37-29-26-24-21-22-25-28-34-41-48-55-68(2)3)66-91-95(83,84)89-62-71(78)63-90-96(85,86)92-67-73(65-88-75(80)59-52-45-40-33-36-43-50-57-70(6)7)94-77(82)61-54-47-39-32-31-35-42-49-56-69(4)5/h68-73,78H,8-67H2,1-7H3,(H,83,84)(H,85,86)/t71-,72-,73-/m1/s1. The molecule has 19 heteroatoms. The van der Waals surface area contributed by atoms with E-state index in [4.69, 9.17) is 37.0 Å². The van der Waals surface area contributed by atoms with Crippen LogP contribution in [0.1, 0.15) is 395 Å². The van der Waals surface area contributed by atoms with Crippen LogP contribution in [0.15, 0.2) is 0 Å². The fraction of sp³-hybridized carbons (Fsp3) is 0.948. The minimum atomic E-state index is -4.96. The maximum Gasteiger partial charge on any atom is 0.472 e. The lowest BCUT2D eigenvalue weighted by atomic mass is 10.0. The van der Waals surface area contributed by atoms with Crippen LogP contribution in [0.4, 0.5) is 0 Å². The van der Waals surface area contributed by atoms with Gasteiger partial charge in [0.2, 0.25) is 0 Å². The van der Waals surface area contributed by atoms with Gasteiger partial charge in [0, 0.05) is 25.7 Å². The number of carbonyl (C=O) groups excluding carboxylic acids is 4. The number of aliphatic hydroxyl groups is 1. The Morgan fingerprint density at radius 1 is 0.281 bits per heavy atom. The van der Waals surface area contributed by atoms with Crippen molar-refractivity contribution in [3.63, 3.8) is 0 Å². The van der Waals surface area contributed by atoms with E-state index < -0.39 is 97.5 Å². The molecular weight excluding hydrogens is 1260 g/mol. The Balaban J connectivity index is 5.23. The molecule has 0 radical (unpaired) electrons. The highest BCUT2D eigenvalue weighted by Crippen LogP contribution is 2.45. The van der Waals surface area contributed by atoms with Crippen LogP contribution >= 0.6 is 15.6 Å². The highest BCUT2D eigenvalue weighted by Gasteiger charge is 2.30. The van der Waals surface area contributed by atoms with Crippen molar-refractivity contribution in [1.29, 1.82) is 0 Å². The van der Waals surface area contributed by atoms with Gasteiger partial charge in [-0.2, -0.15) is 0 Å². The third kappa shape index (κ3) is 70.5. The van der Waals surface area contributed by atoms with Crippen molar-refractivity contribution >= 4 is 39.5 Å². The molecule has 2 unspecified atom stereocenters. The van der Waals surface area contributed by atoms with Crippen LogP contribution in [0.2, 0.25) is 0 Å². The second kappa shape index (κ2) is 67.5. The van der Waals surface area contributed by atoms with E-state index in [1.54, 1.807) is 0 Å². The van der Waals surface area contributed by atoms with Crippen molar-refractivity contribution in [2.45, 2.75) is 414 Å². The summed E-state index contributed by atoms with van der Waals surface area (Å²) in [5.41, 5.74) is 0. The maximum absolute atomic E-state index is 13.1. The van der Waals surface area contributed by atoms with Crippen molar-refractivity contribution in [1.82, 2.24) is 0 Å². The van der Waals surface area contributed by atoms with Gasteiger partial charge in [0.15, 0.2) is 12.2 Å². The number of esters is 4. The van der Waals surface area contributed by atoms with E-state index in [9.17, 15) is 43.2 Å². The zero-order valence-corrected chi connectivity index (χ0v) is 64.6. The van der Waals surface area contributed by atoms with Crippen LogP contribution in [0, 0.1) is 17.8 Å². The molecule has 0 spiro atoms. The summed E-state index contributed by atoms with van der Waals surface area (Å²) in [6, 6.07) is 0. The lowest BCUT2D eigenvalue weighted by Crippen LogP contribution is -2.30. The summed E-state index contributed by atoms with van der Waals surface area (Å²) in [4.78, 5) is 72.8. The Morgan fingerprint density at radius 3 is 0.708 bits per heavy atom. The number of carbonyl (C=O) groups is 4. The van der Waals surface area contributed by atoms with E-state index in [1.165, 1.54) is 199 Å². The second-order valence-corrected chi connectivity index (χ2v) is 32.1. The molecule has 0 aliphatic rings. The summed E-state index contributed by atoms with van der Waals surface area (Å²) in [5.74, 6) is 0.0950. The molecule has 0 aromatic rings. The van der Waals surface area contributed by atoms with Gasteiger partial charge in [-0.25, -0.2) is 9.13 Å². The van der Waals surface area contributed by atoms with E-state index in [0.717, 1.165) is 108 Å². The second-order valence-electron chi connectivity index (χ2n) is 29.2. The average molecular weight is 1410 g/mol. The molecule has 0 bridgehead atoms. The first-order valence-electron chi connectivity index (χ1n) is 39.8. The van der Waals surface area contributed by atoms with Gasteiger partial charge in [-0.05, 0) is 43.4 Å². The number of hydrogen-bond donors (Lipinski definition) is 3. The topological polar surface area (TPSA) is 237 Å². The molecule has 0 aliphatic carbocycles. The normalized spacial score (nSPS) is 14.1. The number of ether oxygens (including phenoxy) is 4. The number of rotatable bonds is 75. The minimum Gasteiger partial charge on any atom is -0.462 e. The Labute approximate surface area is 588 Å². The van der Waals surface area contributed by atoms with E-state index in [2.05, 4.69) is 48.5 Å². The molecule has 96 heavy (non-hydrogen) atoms. The fourth-order valence-corrected chi connectivity index (χ4v) is 13.4. The Morgan fingerprint density at radius 2 is 0.479 bits per heavy atom. The molecule has 0 saturated heterocycles. The largest absolute Gasteiger partial charge is 0.472 e. The third-order valence-corrected chi connectivity index (χ3v) is 19.8. The van der Waals surface area contributed by atoms with Gasteiger partial charge < -0.3 is 33.8 Å². The quantitative estimate of drug-likeness (QED) is 0.0222. The lowest BCUT2D eigenvalue weighted by Gasteiger charge is -2.21. The zero-order chi connectivity index (χ0) is 70.9. The Hall–Kier alpha value is -1.94. The summed E-state index contributed by atoms with van der Waals surface area (Å²) >= 11 is 0. The van der Waals surface area contributed by atoms with E-state index in [0.29, 0.717) is 31.6 Å². The van der Waals surface area contributed by atoms with E-state index in [1.807, 2.05) is 0 Å². The minimum absolute atomic E-state index is 0.104. The summed E-state index contributed by atoms with van der Waals surface area (Å²) in [5, 5.41) is 10.6. The van der Waals surface area contributed by atoms with Crippen molar-refractivity contribution in [2.24, 2.45) is 17.8 Å². The molecule has 3 N–H and O–H groups in total. The highest BCUT2D eigenvalue weighted by molar-refractivity contribution is 7.47. The molecule has 570 valence electrons. The highest BCUT2D eigenvalue weighted by atomic mass is 31.2. The monoisotopic (exact) mass is 1410 g/mol. The SMILES string of the molecule is CCCCCCCCCCCCCCCCCCCCCC(=O)O[C@H](COC(=O)CCCCCCCCCCCCCCCC(C)C)COP(=O)(O)OC[C@@H](O)COP(=O)(O)OC[C@@H](COC(=O)CCCCCCCCCC(C)C)OC(=O)CCCCCCCCCCC(C)C. The van der Waals surface area contributed by atoms with Gasteiger partial charge in [0.25, 0.3) is 0 Å². The summed E-state index contributed by atoms with van der Waals surface area (Å²) < 4.78 is 68.5. The molecule has 0 saturated carbocycles. The Bertz CT molecular complexity index is 1870. The van der Waals surface area contributed by atoms with Crippen LogP contribution < -0.4 is 0 Å². The summed E-state index contributed by atoms with van der Waals surface area (Å²) in [6.45, 7) is 11.8. The van der Waals surface area contributed by atoms with Gasteiger partial charge in [0.05, 0.1) is 26.4 Å². The fourth-order valence-electron chi connectivity index (χ4n) is 11.8. The molecule has 0 heterocycles. The molecule has 0 aromatic carbocycles. The van der Waals surface area contributed by atoms with Gasteiger partial charge >= 0.3 is 39.5 Å². The smallest absolute Gasteiger partial charge is 0.462 e. The van der Waals surface area contributed by atoms with Crippen molar-refractivity contribution in [3.8, 4) is 0 Å². The van der Waals surface area contributed by atoms with Crippen molar-refractivity contribution in [3.05, 3.63) is 0 Å². The number of phosphoric acid groups is 2. The number of hydrogen-bond acceptors (Lipinski definition) is 15. The number of unbranched alkanes of at least 4 members (excludes halogenated alkanes) is 43. The number of aliphatic hydroxyl groups excluding tert-OH is 1. The van der Waals surface area contributed by atoms with Crippen LogP contribution in [0.5, 0.6) is 0 Å². The van der Waals surface area contributed by atoms with Crippen molar-refractivity contribution < 1.29 is 80.2 Å². The van der Waals surface area contributed by atoms with Crippen molar-refractivity contribution in [2.75, 3.05) is 39.6 Å². The molecule has 0 fully saturated rings. The lowest BCUT2D eigenvalue weighted by molar-refractivity contribution is -0.161. The average Bonchev–Trinajstić information content (AvgIpc) is 2.61. The van der Waals surface area contributed by atoms with Gasteiger partial charge in [-0.3, -0.25) is 37.3 Å². The zero-order valence-electron chi connectivity index (χ0n) is 62.8. The molecule has 17 nitrogen and oxygen atoms in total. The van der Waals surface area contributed by atoms with Gasteiger partial charge in [-0.1, -0.05) is 344 Å². The predicted octanol–water partition coefficient (Wildman–Crippen LogP) is 22.6. The molecule has 5 atom stereocenters. The first-order chi connectivity index (χ1) is 46.2. The van der Waals surface area contributed by atoms with E-state index >= 15 is 0 Å². The first kappa shape index (κ1) is 94.1. The van der Waals surface area contributed by atoms with Crippen LogP contribution in [0.25, 0.3) is 0 Å². The molecular formula is C77H150O17P2. The van der Waals surface area contributed by atoms with Crippen LogP contribution in [0.3, 0.4) is 0 Å². The molecule has 0 aliphatic heterocycles. The van der Waals surface area contributed by atoms with Gasteiger partial charge in [0.1, 0.15) is 19.3 Å². The maximum atomic E-state index is 13.1. The van der Waals surface area contributed by atoms with Crippen LogP contribution in [-0.2, 0) is 65.4 Å². The van der Waals surface area contributed by atoms with E-state index in [-0.39, 0.29) is 25.7 Å². The molecule has 0 aromatic heterocycles. The third-order valence-electron chi connectivity index (χ3n) is 17.9. The summed E-state index contributed by atoms with van der Waals surface area (Å²) in [7, 11) is -9.91. The van der Waals surface area contributed by atoms with Crippen LogP contribution in [-0.4, -0.2) is 96.7 Å². The number of phosphoric ester groups is 2. The summed E-state index contributed by atoms with van der Waals surface area (Å²) in [6.07, 6.45) is 54.3. The predicted molar refractivity (Wildman–Crippen MR) is 391 cm³/mol. The Kier molecular flexibility index (Phi) is 66.2. The molecule has 0 rings (SSSR count).